The molecule has 1 aliphatic heterocycles. The first-order valence-corrected chi connectivity index (χ1v) is 6.08. The maximum absolute atomic E-state index is 5.70. The van der Waals surface area contributed by atoms with Crippen LogP contribution in [0.25, 0.3) is 0 Å². The molecule has 1 aromatic rings. The summed E-state index contributed by atoms with van der Waals surface area (Å²) in [6.45, 7) is 1.96. The van der Waals surface area contributed by atoms with Crippen molar-refractivity contribution in [3.8, 4) is 5.75 Å². The zero-order valence-corrected chi connectivity index (χ0v) is 12.7. The first-order valence-electron chi connectivity index (χ1n) is 5.70. The minimum atomic E-state index is 0. The molecule has 1 aromatic heterocycles. The van der Waals surface area contributed by atoms with Gasteiger partial charge in [-0.15, -0.1) is 24.8 Å². The zero-order chi connectivity index (χ0) is 11.4. The van der Waals surface area contributed by atoms with Crippen molar-refractivity contribution in [2.45, 2.75) is 25.3 Å². The number of hydrogen-bond donors (Lipinski definition) is 0. The largest absolute Gasteiger partial charge is 0.492 e. The molecular weight excluding hydrogens is 295 g/mol. The van der Waals surface area contributed by atoms with Crippen molar-refractivity contribution in [1.29, 1.82) is 0 Å². The summed E-state index contributed by atoms with van der Waals surface area (Å²) >= 11 is 5.70. The second-order valence-electron chi connectivity index (χ2n) is 4.23. The zero-order valence-electron chi connectivity index (χ0n) is 10.3. The Bertz CT molecular complexity index is 335. The van der Waals surface area contributed by atoms with E-state index in [9.17, 15) is 0 Å². The number of ether oxygens (including phenoxy) is 1. The Morgan fingerprint density at radius 3 is 2.78 bits per heavy atom. The quantitative estimate of drug-likeness (QED) is 0.796. The van der Waals surface area contributed by atoms with E-state index in [4.69, 9.17) is 16.3 Å². The van der Waals surface area contributed by atoms with Crippen LogP contribution < -0.4 is 4.74 Å². The maximum atomic E-state index is 5.70. The number of aromatic nitrogens is 1. The highest BCUT2D eigenvalue weighted by Gasteiger charge is 2.20. The minimum absolute atomic E-state index is 0. The van der Waals surface area contributed by atoms with Gasteiger partial charge in [-0.05, 0) is 45.0 Å². The Labute approximate surface area is 126 Å². The van der Waals surface area contributed by atoms with Gasteiger partial charge in [-0.25, -0.2) is 4.98 Å². The van der Waals surface area contributed by atoms with Gasteiger partial charge in [0.15, 0.2) is 0 Å². The molecule has 1 saturated heterocycles. The average Bonchev–Trinajstić information content (AvgIpc) is 2.68. The summed E-state index contributed by atoms with van der Waals surface area (Å²) in [6, 6.07) is 4.28. The standard InChI is InChI=1S/C12H17ClN2O.2ClH/c1-15-7-2-3-10(15)6-8-16-11-4-5-12(13)14-9-11;;/h4-5,9-10H,2-3,6-8H2,1H3;2*1H/t10-;;/m0../s1. The van der Waals surface area contributed by atoms with E-state index in [2.05, 4.69) is 16.9 Å². The third kappa shape index (κ3) is 5.19. The highest BCUT2D eigenvalue weighted by molar-refractivity contribution is 6.29. The van der Waals surface area contributed by atoms with Crippen molar-refractivity contribution in [3.63, 3.8) is 0 Å². The fourth-order valence-electron chi connectivity index (χ4n) is 2.10. The van der Waals surface area contributed by atoms with E-state index in [-0.39, 0.29) is 24.8 Å². The fraction of sp³-hybridized carbons (Fsp3) is 0.583. The number of rotatable bonds is 4. The minimum Gasteiger partial charge on any atom is -0.492 e. The SMILES string of the molecule is CN1CCC[C@H]1CCOc1ccc(Cl)nc1.Cl.Cl. The van der Waals surface area contributed by atoms with Crippen LogP contribution >= 0.6 is 36.4 Å². The van der Waals surface area contributed by atoms with Crippen LogP contribution in [-0.4, -0.2) is 36.1 Å². The molecule has 1 fully saturated rings. The normalized spacial score (nSPS) is 18.9. The molecule has 0 amide bonds. The molecule has 0 N–H and O–H groups in total. The molecular formula is C12H19Cl3N2O. The van der Waals surface area contributed by atoms with Crippen LogP contribution in [0.1, 0.15) is 19.3 Å². The predicted molar refractivity (Wildman–Crippen MR) is 79.5 cm³/mol. The Kier molecular flexibility index (Phi) is 8.70. The van der Waals surface area contributed by atoms with Crippen molar-refractivity contribution in [1.82, 2.24) is 9.88 Å². The summed E-state index contributed by atoms with van der Waals surface area (Å²) in [5.74, 6) is 0.796. The molecule has 0 aromatic carbocycles. The van der Waals surface area contributed by atoms with E-state index >= 15 is 0 Å². The van der Waals surface area contributed by atoms with E-state index < -0.39 is 0 Å². The van der Waals surface area contributed by atoms with Gasteiger partial charge in [0.25, 0.3) is 0 Å². The van der Waals surface area contributed by atoms with Gasteiger partial charge in [0.2, 0.25) is 0 Å². The summed E-state index contributed by atoms with van der Waals surface area (Å²) in [5, 5.41) is 0.503. The number of hydrogen-bond acceptors (Lipinski definition) is 3. The summed E-state index contributed by atoms with van der Waals surface area (Å²) in [5.41, 5.74) is 0. The molecule has 3 nitrogen and oxygen atoms in total. The van der Waals surface area contributed by atoms with Crippen molar-refractivity contribution in [2.75, 3.05) is 20.2 Å². The second-order valence-corrected chi connectivity index (χ2v) is 4.62. The van der Waals surface area contributed by atoms with Gasteiger partial charge in [-0.1, -0.05) is 11.6 Å². The highest BCUT2D eigenvalue weighted by atomic mass is 35.5. The van der Waals surface area contributed by atoms with Gasteiger partial charge in [0, 0.05) is 6.04 Å². The highest BCUT2D eigenvalue weighted by Crippen LogP contribution is 2.18. The Balaban J connectivity index is 0.00000144. The van der Waals surface area contributed by atoms with Crippen LogP contribution in [0.4, 0.5) is 0 Å². The van der Waals surface area contributed by atoms with Crippen LogP contribution in [0.15, 0.2) is 18.3 Å². The number of nitrogens with zero attached hydrogens (tertiary/aromatic N) is 2. The van der Waals surface area contributed by atoms with Crippen molar-refractivity contribution in [3.05, 3.63) is 23.5 Å². The topological polar surface area (TPSA) is 25.4 Å². The molecule has 2 heterocycles. The lowest BCUT2D eigenvalue weighted by atomic mass is 10.1. The number of likely N-dealkylation sites (tertiary alicyclic amines) is 1. The molecule has 2 rings (SSSR count). The maximum Gasteiger partial charge on any atom is 0.137 e. The molecule has 1 atom stereocenters. The second kappa shape index (κ2) is 8.81. The van der Waals surface area contributed by atoms with E-state index in [1.807, 2.05) is 6.07 Å². The summed E-state index contributed by atoms with van der Waals surface area (Å²) < 4.78 is 5.62. The van der Waals surface area contributed by atoms with Crippen molar-refractivity contribution < 1.29 is 4.74 Å². The van der Waals surface area contributed by atoms with Crippen LogP contribution in [-0.2, 0) is 0 Å². The monoisotopic (exact) mass is 312 g/mol. The number of halogens is 3. The van der Waals surface area contributed by atoms with Crippen LogP contribution in [0.5, 0.6) is 5.75 Å². The Morgan fingerprint density at radius 2 is 2.22 bits per heavy atom. The fourth-order valence-corrected chi connectivity index (χ4v) is 2.22. The lowest BCUT2D eigenvalue weighted by Gasteiger charge is -2.19. The molecule has 0 unspecified atom stereocenters. The molecule has 0 aliphatic carbocycles. The smallest absolute Gasteiger partial charge is 0.137 e. The molecule has 18 heavy (non-hydrogen) atoms. The Morgan fingerprint density at radius 1 is 1.44 bits per heavy atom. The molecule has 6 heteroatoms. The molecule has 0 bridgehead atoms. The first-order chi connectivity index (χ1) is 7.75. The van der Waals surface area contributed by atoms with E-state index in [0.29, 0.717) is 11.2 Å². The third-order valence-electron chi connectivity index (χ3n) is 3.09. The first kappa shape index (κ1) is 17.8. The predicted octanol–water partition coefficient (Wildman–Crippen LogP) is 3.44. The van der Waals surface area contributed by atoms with Gasteiger partial charge in [-0.2, -0.15) is 0 Å². The van der Waals surface area contributed by atoms with E-state index in [0.717, 1.165) is 18.8 Å². The molecule has 104 valence electrons. The lowest BCUT2D eigenvalue weighted by Crippen LogP contribution is -2.26. The Hall–Kier alpha value is -0.220. The van der Waals surface area contributed by atoms with Gasteiger partial charge in [0.05, 0.1) is 12.8 Å². The van der Waals surface area contributed by atoms with Gasteiger partial charge in [0.1, 0.15) is 10.9 Å². The van der Waals surface area contributed by atoms with Crippen LogP contribution in [0.3, 0.4) is 0 Å². The summed E-state index contributed by atoms with van der Waals surface area (Å²) in [6.07, 6.45) is 5.35. The lowest BCUT2D eigenvalue weighted by molar-refractivity contribution is 0.233. The van der Waals surface area contributed by atoms with Crippen LogP contribution in [0, 0.1) is 0 Å². The third-order valence-corrected chi connectivity index (χ3v) is 3.32. The summed E-state index contributed by atoms with van der Waals surface area (Å²) in [4.78, 5) is 6.38. The van der Waals surface area contributed by atoms with Crippen molar-refractivity contribution >= 4 is 36.4 Å². The van der Waals surface area contributed by atoms with Gasteiger partial charge < -0.3 is 9.64 Å². The van der Waals surface area contributed by atoms with Gasteiger partial charge >= 0.3 is 0 Å². The molecule has 1 aliphatic rings. The van der Waals surface area contributed by atoms with E-state index in [1.165, 1.54) is 19.4 Å². The van der Waals surface area contributed by atoms with Crippen molar-refractivity contribution in [2.24, 2.45) is 0 Å². The van der Waals surface area contributed by atoms with E-state index in [1.54, 1.807) is 12.3 Å². The average molecular weight is 314 g/mol. The number of pyridine rings is 1. The summed E-state index contributed by atoms with van der Waals surface area (Å²) in [7, 11) is 2.18. The van der Waals surface area contributed by atoms with Crippen LogP contribution in [0.2, 0.25) is 5.15 Å². The molecule has 0 radical (unpaired) electrons. The molecule has 0 spiro atoms. The van der Waals surface area contributed by atoms with Gasteiger partial charge in [-0.3, -0.25) is 0 Å². The molecule has 0 saturated carbocycles.